The van der Waals surface area contributed by atoms with Crippen molar-refractivity contribution < 1.29 is 13.5 Å². The van der Waals surface area contributed by atoms with Crippen LogP contribution in [0.4, 0.5) is 5.69 Å². The molecule has 0 aromatic heterocycles. The Hall–Kier alpha value is -0.530. The van der Waals surface area contributed by atoms with Gasteiger partial charge >= 0.3 is 0 Å². The summed E-state index contributed by atoms with van der Waals surface area (Å²) in [6.07, 6.45) is 1.53. The lowest BCUT2D eigenvalue weighted by molar-refractivity contribution is 0.165. The molecule has 20 heavy (non-hydrogen) atoms. The zero-order valence-electron chi connectivity index (χ0n) is 10.7. The molecule has 1 aliphatic rings. The van der Waals surface area contributed by atoms with Gasteiger partial charge in [-0.05, 0) is 30.9 Å². The van der Waals surface area contributed by atoms with E-state index in [0.717, 1.165) is 6.42 Å². The van der Waals surface area contributed by atoms with Gasteiger partial charge in [-0.1, -0.05) is 23.2 Å². The molecule has 1 atom stereocenters. The first-order chi connectivity index (χ1) is 9.37. The second-order valence-corrected chi connectivity index (χ2v) is 7.52. The molecule has 2 rings (SSSR count). The molecule has 0 saturated carbocycles. The fraction of sp³-hybridized carbons (Fsp3) is 0.500. The number of nitrogen functional groups attached to an aromatic ring is 1. The number of hydrogen-bond donors (Lipinski definition) is 2. The van der Waals surface area contributed by atoms with Crippen molar-refractivity contribution in [3.63, 3.8) is 0 Å². The topological polar surface area (TPSA) is 83.6 Å². The van der Waals surface area contributed by atoms with E-state index in [-0.39, 0.29) is 39.7 Å². The summed E-state index contributed by atoms with van der Waals surface area (Å²) in [7, 11) is -3.72. The smallest absolute Gasteiger partial charge is 0.244 e. The highest BCUT2D eigenvalue weighted by atomic mass is 35.5. The largest absolute Gasteiger partial charge is 0.396 e. The van der Waals surface area contributed by atoms with Crippen LogP contribution in [0.15, 0.2) is 17.0 Å². The zero-order chi connectivity index (χ0) is 14.9. The van der Waals surface area contributed by atoms with E-state index in [1.807, 2.05) is 0 Å². The van der Waals surface area contributed by atoms with Gasteiger partial charge < -0.3 is 10.8 Å². The standard InChI is InChI=1S/C12H16Cl2N2O3S/c13-9-3-4-10(11(14)12(9)15)20(18,19)16-5-1-2-8(6-16)7-17/h3-4,8,17H,1-2,5-7,15H2. The van der Waals surface area contributed by atoms with Gasteiger partial charge in [-0.25, -0.2) is 8.42 Å². The number of nitrogens with zero attached hydrogens (tertiary/aromatic N) is 1. The first-order valence-electron chi connectivity index (χ1n) is 6.22. The zero-order valence-corrected chi connectivity index (χ0v) is 13.0. The van der Waals surface area contributed by atoms with E-state index in [0.29, 0.717) is 13.0 Å². The molecular formula is C12H16Cl2N2O3S. The predicted molar refractivity (Wildman–Crippen MR) is 79.4 cm³/mol. The van der Waals surface area contributed by atoms with Crippen LogP contribution < -0.4 is 5.73 Å². The van der Waals surface area contributed by atoms with Gasteiger partial charge in [0.05, 0.1) is 15.7 Å². The molecule has 112 valence electrons. The van der Waals surface area contributed by atoms with Crippen LogP contribution in [0, 0.1) is 5.92 Å². The third kappa shape index (κ3) is 2.89. The van der Waals surface area contributed by atoms with Crippen LogP contribution in [0.3, 0.4) is 0 Å². The molecule has 0 amide bonds. The fourth-order valence-corrected chi connectivity index (χ4v) is 4.58. The Morgan fingerprint density at radius 3 is 2.75 bits per heavy atom. The average molecular weight is 339 g/mol. The lowest BCUT2D eigenvalue weighted by Crippen LogP contribution is -2.41. The number of sulfonamides is 1. The van der Waals surface area contributed by atoms with Crippen molar-refractivity contribution in [3.05, 3.63) is 22.2 Å². The Balaban J connectivity index is 2.38. The summed E-state index contributed by atoms with van der Waals surface area (Å²) in [5.41, 5.74) is 5.74. The molecule has 1 aromatic carbocycles. The molecule has 0 aliphatic carbocycles. The molecule has 5 nitrogen and oxygen atoms in total. The molecule has 3 N–H and O–H groups in total. The van der Waals surface area contributed by atoms with Gasteiger partial charge in [0.2, 0.25) is 10.0 Å². The summed E-state index contributed by atoms with van der Waals surface area (Å²) in [5, 5.41) is 9.37. The number of aliphatic hydroxyl groups excluding tert-OH is 1. The van der Waals surface area contributed by atoms with Crippen LogP contribution in [-0.2, 0) is 10.0 Å². The van der Waals surface area contributed by atoms with Crippen molar-refractivity contribution in [2.24, 2.45) is 5.92 Å². The highest BCUT2D eigenvalue weighted by molar-refractivity contribution is 7.89. The van der Waals surface area contributed by atoms with E-state index in [1.165, 1.54) is 16.4 Å². The molecule has 1 unspecified atom stereocenters. The van der Waals surface area contributed by atoms with Crippen molar-refractivity contribution in [3.8, 4) is 0 Å². The molecule has 0 bridgehead atoms. The minimum Gasteiger partial charge on any atom is -0.396 e. The van der Waals surface area contributed by atoms with Crippen LogP contribution in [0.1, 0.15) is 12.8 Å². The minimum absolute atomic E-state index is 0.0253. The molecular weight excluding hydrogens is 323 g/mol. The Morgan fingerprint density at radius 1 is 1.40 bits per heavy atom. The van der Waals surface area contributed by atoms with Crippen LogP contribution in [0.2, 0.25) is 10.0 Å². The number of rotatable bonds is 3. The molecule has 1 fully saturated rings. The predicted octanol–water partition coefficient (Wildman–Crippen LogP) is 1.97. The second-order valence-electron chi connectivity index (χ2n) is 4.83. The van der Waals surface area contributed by atoms with Crippen LogP contribution >= 0.6 is 23.2 Å². The van der Waals surface area contributed by atoms with E-state index in [2.05, 4.69) is 0 Å². The van der Waals surface area contributed by atoms with Gasteiger partial charge in [0.15, 0.2) is 0 Å². The SMILES string of the molecule is Nc1c(Cl)ccc(S(=O)(=O)N2CCCC(CO)C2)c1Cl. The summed E-state index contributed by atoms with van der Waals surface area (Å²) in [4.78, 5) is -0.0420. The molecule has 0 radical (unpaired) electrons. The van der Waals surface area contributed by atoms with Crippen LogP contribution in [-0.4, -0.2) is 37.5 Å². The number of halogens is 2. The first-order valence-corrected chi connectivity index (χ1v) is 8.42. The summed E-state index contributed by atoms with van der Waals surface area (Å²) in [5.74, 6) is -0.0399. The Morgan fingerprint density at radius 2 is 2.10 bits per heavy atom. The maximum absolute atomic E-state index is 12.6. The monoisotopic (exact) mass is 338 g/mol. The third-order valence-corrected chi connectivity index (χ3v) is 6.21. The normalized spacial score (nSPS) is 21.1. The number of piperidine rings is 1. The Labute approximate surface area is 128 Å². The lowest BCUT2D eigenvalue weighted by Gasteiger charge is -2.31. The van der Waals surface area contributed by atoms with Gasteiger partial charge in [-0.15, -0.1) is 0 Å². The fourth-order valence-electron chi connectivity index (χ4n) is 2.28. The number of aliphatic hydroxyl groups is 1. The van der Waals surface area contributed by atoms with Gasteiger partial charge in [0.25, 0.3) is 0 Å². The van der Waals surface area contributed by atoms with E-state index >= 15 is 0 Å². The molecule has 1 aromatic rings. The Kier molecular flexibility index (Phi) is 4.81. The van der Waals surface area contributed by atoms with Crippen molar-refractivity contribution in [2.45, 2.75) is 17.7 Å². The maximum atomic E-state index is 12.6. The molecule has 0 spiro atoms. The summed E-state index contributed by atoms with van der Waals surface area (Å²) in [6.45, 7) is 0.678. The van der Waals surface area contributed by atoms with Gasteiger partial charge in [0, 0.05) is 19.7 Å². The summed E-state index contributed by atoms with van der Waals surface area (Å²) in [6, 6.07) is 2.78. The highest BCUT2D eigenvalue weighted by Gasteiger charge is 2.32. The summed E-state index contributed by atoms with van der Waals surface area (Å²) < 4.78 is 26.5. The van der Waals surface area contributed by atoms with E-state index < -0.39 is 10.0 Å². The van der Waals surface area contributed by atoms with E-state index in [1.54, 1.807) is 0 Å². The van der Waals surface area contributed by atoms with Gasteiger partial charge in [0.1, 0.15) is 4.90 Å². The number of nitrogens with two attached hydrogens (primary N) is 1. The maximum Gasteiger partial charge on any atom is 0.244 e. The van der Waals surface area contributed by atoms with Crippen LogP contribution in [0.5, 0.6) is 0 Å². The van der Waals surface area contributed by atoms with Crippen molar-refractivity contribution >= 4 is 38.9 Å². The first kappa shape index (κ1) is 15.9. The molecule has 1 saturated heterocycles. The van der Waals surface area contributed by atoms with Crippen molar-refractivity contribution in [1.82, 2.24) is 4.31 Å². The highest BCUT2D eigenvalue weighted by Crippen LogP contribution is 2.35. The quantitative estimate of drug-likeness (QED) is 0.825. The average Bonchev–Trinajstić information content (AvgIpc) is 2.44. The van der Waals surface area contributed by atoms with Crippen molar-refractivity contribution in [1.29, 1.82) is 0 Å². The molecule has 1 aliphatic heterocycles. The number of hydrogen-bond acceptors (Lipinski definition) is 4. The van der Waals surface area contributed by atoms with Gasteiger partial charge in [-0.3, -0.25) is 0 Å². The molecule has 8 heteroatoms. The van der Waals surface area contributed by atoms with E-state index in [9.17, 15) is 13.5 Å². The third-order valence-electron chi connectivity index (χ3n) is 3.45. The minimum atomic E-state index is -3.72. The summed E-state index contributed by atoms with van der Waals surface area (Å²) >= 11 is 11.8. The molecule has 1 heterocycles. The van der Waals surface area contributed by atoms with E-state index in [4.69, 9.17) is 28.9 Å². The van der Waals surface area contributed by atoms with Crippen molar-refractivity contribution in [2.75, 3.05) is 25.4 Å². The second kappa shape index (κ2) is 6.07. The van der Waals surface area contributed by atoms with Crippen LogP contribution in [0.25, 0.3) is 0 Å². The van der Waals surface area contributed by atoms with Gasteiger partial charge in [-0.2, -0.15) is 4.31 Å². The lowest BCUT2D eigenvalue weighted by atomic mass is 10.0. The number of benzene rings is 1. The Bertz CT molecular complexity index is 607. The number of anilines is 1.